The number of carboxylic acids is 1. The molecule has 2 heterocycles. The van der Waals surface area contributed by atoms with Gasteiger partial charge in [0.1, 0.15) is 12.4 Å². The zero-order valence-corrected chi connectivity index (χ0v) is 8.40. The molecule has 8 nitrogen and oxygen atoms in total. The van der Waals surface area contributed by atoms with Gasteiger partial charge in [-0.3, -0.25) is 0 Å². The molecule has 0 spiro atoms. The topological polar surface area (TPSA) is 131 Å². The number of hydrogen-bond donors (Lipinski definition) is 2. The Bertz CT molecular complexity index is 627. The molecule has 0 aliphatic heterocycles. The molecule has 3 N–H and O–H groups in total. The van der Waals surface area contributed by atoms with Crippen LogP contribution in [0.15, 0.2) is 18.6 Å². The fraction of sp³-hybridized carbons (Fsp3) is 0. The largest absolute Gasteiger partial charge is 0.478 e. The SMILES string of the molecule is N#Cc1ncn(-c2ncc(C(=O)O)cc2N)n1. The van der Waals surface area contributed by atoms with E-state index >= 15 is 0 Å². The maximum absolute atomic E-state index is 10.7. The van der Waals surface area contributed by atoms with Crippen LogP contribution in [-0.2, 0) is 0 Å². The number of hydrogen-bond acceptors (Lipinski definition) is 6. The molecule has 0 aliphatic carbocycles. The highest BCUT2D eigenvalue weighted by molar-refractivity contribution is 5.88. The number of aromatic nitrogens is 4. The van der Waals surface area contributed by atoms with Gasteiger partial charge in [0, 0.05) is 6.20 Å². The highest BCUT2D eigenvalue weighted by Crippen LogP contribution is 2.14. The quantitative estimate of drug-likeness (QED) is 0.731. The van der Waals surface area contributed by atoms with E-state index < -0.39 is 5.97 Å². The van der Waals surface area contributed by atoms with Crippen LogP contribution in [0.25, 0.3) is 5.82 Å². The van der Waals surface area contributed by atoms with Gasteiger partial charge >= 0.3 is 5.97 Å². The van der Waals surface area contributed by atoms with E-state index in [2.05, 4.69) is 15.1 Å². The Balaban J connectivity index is 2.47. The molecule has 8 heteroatoms. The molecule has 0 amide bonds. The van der Waals surface area contributed by atoms with Gasteiger partial charge in [-0.15, -0.1) is 5.10 Å². The Hall–Kier alpha value is -2.95. The van der Waals surface area contributed by atoms with E-state index in [1.807, 2.05) is 0 Å². The van der Waals surface area contributed by atoms with Crippen LogP contribution in [0, 0.1) is 11.3 Å². The lowest BCUT2D eigenvalue weighted by atomic mass is 10.2. The van der Waals surface area contributed by atoms with Crippen molar-refractivity contribution in [2.45, 2.75) is 0 Å². The Labute approximate surface area is 95.0 Å². The summed E-state index contributed by atoms with van der Waals surface area (Å²) < 4.78 is 1.21. The molecule has 2 aromatic heterocycles. The van der Waals surface area contributed by atoms with E-state index in [0.29, 0.717) is 0 Å². The minimum Gasteiger partial charge on any atom is -0.478 e. The molecular weight excluding hydrogens is 224 g/mol. The number of nitrogen functional groups attached to an aromatic ring is 1. The minimum absolute atomic E-state index is 0.0199. The predicted molar refractivity (Wildman–Crippen MR) is 55.2 cm³/mol. The molecule has 0 unspecified atom stereocenters. The summed E-state index contributed by atoms with van der Waals surface area (Å²) in [4.78, 5) is 18.2. The Morgan fingerprint density at radius 1 is 1.53 bits per heavy atom. The van der Waals surface area contributed by atoms with Crippen LogP contribution in [0.1, 0.15) is 16.2 Å². The van der Waals surface area contributed by atoms with E-state index in [1.54, 1.807) is 6.07 Å². The zero-order chi connectivity index (χ0) is 12.4. The minimum atomic E-state index is -1.12. The number of carboxylic acid groups (broad SMARTS) is 1. The summed E-state index contributed by atoms with van der Waals surface area (Å²) in [7, 11) is 0. The van der Waals surface area contributed by atoms with Crippen molar-refractivity contribution in [2.24, 2.45) is 0 Å². The molecule has 2 aromatic rings. The third-order valence-electron chi connectivity index (χ3n) is 1.95. The first-order valence-electron chi connectivity index (χ1n) is 4.43. The highest BCUT2D eigenvalue weighted by atomic mass is 16.4. The molecule has 0 atom stereocenters. The maximum Gasteiger partial charge on any atom is 0.337 e. The molecule has 0 aliphatic rings. The zero-order valence-electron chi connectivity index (χ0n) is 8.40. The number of aromatic carboxylic acids is 1. The fourth-order valence-corrected chi connectivity index (χ4v) is 1.20. The number of carbonyl (C=O) groups is 1. The highest BCUT2D eigenvalue weighted by Gasteiger charge is 2.10. The van der Waals surface area contributed by atoms with Gasteiger partial charge in [0.05, 0.1) is 11.3 Å². The smallest absolute Gasteiger partial charge is 0.337 e. The van der Waals surface area contributed by atoms with E-state index in [0.717, 1.165) is 6.20 Å². The van der Waals surface area contributed by atoms with Crippen LogP contribution < -0.4 is 5.73 Å². The lowest BCUT2D eigenvalue weighted by molar-refractivity contribution is 0.0696. The third-order valence-corrected chi connectivity index (χ3v) is 1.95. The van der Waals surface area contributed by atoms with Crippen molar-refractivity contribution in [2.75, 3.05) is 5.73 Å². The number of anilines is 1. The standard InChI is InChI=1S/C9H6N6O2/c10-2-7-13-4-15(14-7)8-6(11)1-5(3-12-8)9(16)17/h1,3-4H,11H2,(H,16,17). The molecule has 0 radical (unpaired) electrons. The van der Waals surface area contributed by atoms with Crippen molar-refractivity contribution in [3.63, 3.8) is 0 Å². The van der Waals surface area contributed by atoms with Crippen molar-refractivity contribution < 1.29 is 9.90 Å². The molecule has 17 heavy (non-hydrogen) atoms. The van der Waals surface area contributed by atoms with Gasteiger partial charge in [-0.1, -0.05) is 0 Å². The second-order valence-corrected chi connectivity index (χ2v) is 3.07. The number of nitrogens with zero attached hydrogens (tertiary/aromatic N) is 5. The average Bonchev–Trinajstić information content (AvgIpc) is 2.77. The molecule has 0 aromatic carbocycles. The van der Waals surface area contributed by atoms with Crippen LogP contribution in [0.5, 0.6) is 0 Å². The molecular formula is C9H6N6O2. The number of nitrogens with two attached hydrogens (primary N) is 1. The molecule has 0 fully saturated rings. The second kappa shape index (κ2) is 3.90. The summed E-state index contributed by atoms with van der Waals surface area (Å²) in [5.41, 5.74) is 5.76. The first kappa shape index (κ1) is 10.6. The van der Waals surface area contributed by atoms with E-state index in [-0.39, 0.29) is 22.9 Å². The summed E-state index contributed by atoms with van der Waals surface area (Å²) in [5, 5.41) is 21.1. The molecule has 2 rings (SSSR count). The maximum atomic E-state index is 10.7. The van der Waals surface area contributed by atoms with E-state index in [4.69, 9.17) is 16.1 Å². The van der Waals surface area contributed by atoms with Crippen LogP contribution in [0.4, 0.5) is 5.69 Å². The normalized spacial score (nSPS) is 9.82. The van der Waals surface area contributed by atoms with Crippen LogP contribution >= 0.6 is 0 Å². The molecule has 0 saturated heterocycles. The lowest BCUT2D eigenvalue weighted by Crippen LogP contribution is -2.06. The van der Waals surface area contributed by atoms with E-state index in [9.17, 15) is 4.79 Å². The summed E-state index contributed by atoms with van der Waals surface area (Å²) in [6.45, 7) is 0. The van der Waals surface area contributed by atoms with Gasteiger partial charge < -0.3 is 10.8 Å². The van der Waals surface area contributed by atoms with Gasteiger partial charge in [-0.25, -0.2) is 14.8 Å². The summed E-state index contributed by atoms with van der Waals surface area (Å²) in [5.74, 6) is -0.912. The first-order chi connectivity index (χ1) is 8.11. The van der Waals surface area contributed by atoms with Crippen LogP contribution in [0.3, 0.4) is 0 Å². The van der Waals surface area contributed by atoms with Crippen molar-refractivity contribution in [1.29, 1.82) is 5.26 Å². The Kier molecular flexibility index (Phi) is 2.42. The van der Waals surface area contributed by atoms with Gasteiger partial charge in [-0.05, 0) is 6.07 Å². The summed E-state index contributed by atoms with van der Waals surface area (Å²) >= 11 is 0. The summed E-state index contributed by atoms with van der Waals surface area (Å²) in [6, 6.07) is 3.02. The van der Waals surface area contributed by atoms with Crippen molar-refractivity contribution >= 4 is 11.7 Å². The second-order valence-electron chi connectivity index (χ2n) is 3.07. The molecule has 0 saturated carbocycles. The predicted octanol–water partition coefficient (Wildman–Crippen LogP) is -0.186. The number of pyridine rings is 1. The van der Waals surface area contributed by atoms with Gasteiger partial charge in [0.15, 0.2) is 5.82 Å². The fourth-order valence-electron chi connectivity index (χ4n) is 1.20. The monoisotopic (exact) mass is 230 g/mol. The molecule has 0 bridgehead atoms. The molecule has 84 valence electrons. The van der Waals surface area contributed by atoms with Crippen LogP contribution in [0.2, 0.25) is 0 Å². The van der Waals surface area contributed by atoms with Gasteiger partial charge in [-0.2, -0.15) is 9.94 Å². The van der Waals surface area contributed by atoms with Crippen molar-refractivity contribution in [3.05, 3.63) is 30.0 Å². The Morgan fingerprint density at radius 2 is 2.29 bits per heavy atom. The Morgan fingerprint density at radius 3 is 2.82 bits per heavy atom. The summed E-state index contributed by atoms with van der Waals surface area (Å²) in [6.07, 6.45) is 2.43. The van der Waals surface area contributed by atoms with E-state index in [1.165, 1.54) is 17.1 Å². The number of nitriles is 1. The lowest BCUT2D eigenvalue weighted by Gasteiger charge is -2.03. The first-order valence-corrected chi connectivity index (χ1v) is 4.43. The van der Waals surface area contributed by atoms with Crippen LogP contribution in [-0.4, -0.2) is 30.8 Å². The number of rotatable bonds is 2. The van der Waals surface area contributed by atoms with Crippen molar-refractivity contribution in [1.82, 2.24) is 19.7 Å². The van der Waals surface area contributed by atoms with Gasteiger partial charge in [0.25, 0.3) is 5.82 Å². The third kappa shape index (κ3) is 1.89. The van der Waals surface area contributed by atoms with Gasteiger partial charge in [0.2, 0.25) is 0 Å². The van der Waals surface area contributed by atoms with Crippen molar-refractivity contribution in [3.8, 4) is 11.9 Å². The average molecular weight is 230 g/mol.